The fourth-order valence-corrected chi connectivity index (χ4v) is 2.48. The lowest BCUT2D eigenvalue weighted by Gasteiger charge is -2.21. The molecule has 0 saturated heterocycles. The van der Waals surface area contributed by atoms with Gasteiger partial charge in [-0.2, -0.15) is 0 Å². The third-order valence-corrected chi connectivity index (χ3v) is 3.54. The summed E-state index contributed by atoms with van der Waals surface area (Å²) < 4.78 is 0. The lowest BCUT2D eigenvalue weighted by molar-refractivity contribution is 0.436. The first kappa shape index (κ1) is 12.1. The van der Waals surface area contributed by atoms with E-state index < -0.39 is 0 Å². The second-order valence-corrected chi connectivity index (χ2v) is 4.86. The third-order valence-electron chi connectivity index (χ3n) is 3.54. The molecule has 2 aromatic rings. The Kier molecular flexibility index (Phi) is 3.80. The van der Waals surface area contributed by atoms with Crippen LogP contribution in [-0.2, 0) is 0 Å². The summed E-state index contributed by atoms with van der Waals surface area (Å²) in [6.45, 7) is 4.46. The number of nitrogens with two attached hydrogens (primary N) is 1. The summed E-state index contributed by atoms with van der Waals surface area (Å²) in [5.41, 5.74) is 7.67. The Labute approximate surface area is 104 Å². The Balaban J connectivity index is 2.41. The summed E-state index contributed by atoms with van der Waals surface area (Å²) in [5.74, 6) is 0.533. The van der Waals surface area contributed by atoms with Crippen LogP contribution in [0.25, 0.3) is 10.8 Å². The molecule has 1 heteroatoms. The van der Waals surface area contributed by atoms with Crippen LogP contribution in [0.5, 0.6) is 0 Å². The van der Waals surface area contributed by atoms with E-state index in [9.17, 15) is 0 Å². The van der Waals surface area contributed by atoms with Gasteiger partial charge in [0.05, 0.1) is 0 Å². The zero-order valence-electron chi connectivity index (χ0n) is 10.7. The number of hydrogen-bond donors (Lipinski definition) is 1. The van der Waals surface area contributed by atoms with Crippen molar-refractivity contribution in [2.24, 2.45) is 11.7 Å². The number of benzene rings is 2. The Hall–Kier alpha value is -1.34. The van der Waals surface area contributed by atoms with Gasteiger partial charge in [0.15, 0.2) is 0 Å². The average molecular weight is 227 g/mol. The molecule has 17 heavy (non-hydrogen) atoms. The minimum atomic E-state index is 0.140. The van der Waals surface area contributed by atoms with Crippen molar-refractivity contribution in [3.8, 4) is 0 Å². The molecule has 1 nitrogen and oxygen atoms in total. The van der Waals surface area contributed by atoms with Crippen LogP contribution in [0.2, 0.25) is 0 Å². The predicted molar refractivity (Wildman–Crippen MR) is 74.9 cm³/mol. The molecule has 90 valence electrons. The normalized spacial score (nSPS) is 14.8. The minimum absolute atomic E-state index is 0.140. The standard InChI is InChI=1S/C16H21N/c1-3-7-12(2)16(17)15-11-6-9-13-8-4-5-10-14(13)15/h4-6,8-12,16H,3,7,17H2,1-2H3. The lowest BCUT2D eigenvalue weighted by Crippen LogP contribution is -2.19. The molecule has 0 aliphatic heterocycles. The number of rotatable bonds is 4. The van der Waals surface area contributed by atoms with Crippen LogP contribution < -0.4 is 5.73 Å². The van der Waals surface area contributed by atoms with Crippen LogP contribution in [0.3, 0.4) is 0 Å². The van der Waals surface area contributed by atoms with Gasteiger partial charge < -0.3 is 5.73 Å². The van der Waals surface area contributed by atoms with E-state index in [0.717, 1.165) is 0 Å². The molecule has 0 aromatic heterocycles. The Morgan fingerprint density at radius 2 is 1.76 bits per heavy atom. The van der Waals surface area contributed by atoms with Gasteiger partial charge in [0, 0.05) is 6.04 Å². The molecule has 2 rings (SSSR count). The maximum absolute atomic E-state index is 6.39. The van der Waals surface area contributed by atoms with E-state index in [0.29, 0.717) is 5.92 Å². The van der Waals surface area contributed by atoms with Crippen molar-refractivity contribution in [3.63, 3.8) is 0 Å². The van der Waals surface area contributed by atoms with Crippen LogP contribution in [0, 0.1) is 5.92 Å². The summed E-state index contributed by atoms with van der Waals surface area (Å²) in [5, 5.41) is 2.58. The molecule has 0 aliphatic carbocycles. The Bertz CT molecular complexity index is 484. The molecule has 0 aliphatic rings. The average Bonchev–Trinajstić information content (AvgIpc) is 2.37. The molecule has 2 atom stereocenters. The van der Waals surface area contributed by atoms with Gasteiger partial charge in [-0.3, -0.25) is 0 Å². The summed E-state index contributed by atoms with van der Waals surface area (Å²) in [7, 11) is 0. The van der Waals surface area contributed by atoms with E-state index in [4.69, 9.17) is 5.73 Å². The van der Waals surface area contributed by atoms with Gasteiger partial charge in [0.2, 0.25) is 0 Å². The van der Waals surface area contributed by atoms with Gasteiger partial charge in [-0.1, -0.05) is 62.7 Å². The minimum Gasteiger partial charge on any atom is -0.324 e. The Morgan fingerprint density at radius 3 is 2.53 bits per heavy atom. The van der Waals surface area contributed by atoms with E-state index in [1.807, 2.05) is 0 Å². The predicted octanol–water partition coefficient (Wildman–Crippen LogP) is 4.28. The summed E-state index contributed by atoms with van der Waals surface area (Å²) in [6, 6.07) is 15.0. The third kappa shape index (κ3) is 2.50. The second-order valence-electron chi connectivity index (χ2n) is 4.86. The molecule has 0 saturated carbocycles. The van der Waals surface area contributed by atoms with Crippen molar-refractivity contribution in [3.05, 3.63) is 48.0 Å². The van der Waals surface area contributed by atoms with Gasteiger partial charge in [0.1, 0.15) is 0 Å². The van der Waals surface area contributed by atoms with Gasteiger partial charge in [-0.15, -0.1) is 0 Å². The van der Waals surface area contributed by atoms with Crippen molar-refractivity contribution in [2.75, 3.05) is 0 Å². The fraction of sp³-hybridized carbons (Fsp3) is 0.375. The second kappa shape index (κ2) is 5.33. The zero-order chi connectivity index (χ0) is 12.3. The quantitative estimate of drug-likeness (QED) is 0.829. The highest BCUT2D eigenvalue weighted by molar-refractivity contribution is 5.86. The van der Waals surface area contributed by atoms with Crippen LogP contribution in [0.4, 0.5) is 0 Å². The summed E-state index contributed by atoms with van der Waals surface area (Å²) in [4.78, 5) is 0. The fourth-order valence-electron chi connectivity index (χ4n) is 2.48. The molecule has 2 N–H and O–H groups in total. The maximum atomic E-state index is 6.39. The van der Waals surface area contributed by atoms with Crippen molar-refractivity contribution in [1.82, 2.24) is 0 Å². The smallest absolute Gasteiger partial charge is 0.0327 e. The molecule has 0 radical (unpaired) electrons. The molecule has 0 amide bonds. The highest BCUT2D eigenvalue weighted by Crippen LogP contribution is 2.29. The summed E-state index contributed by atoms with van der Waals surface area (Å²) in [6.07, 6.45) is 2.38. The zero-order valence-corrected chi connectivity index (χ0v) is 10.7. The van der Waals surface area contributed by atoms with Gasteiger partial charge in [-0.05, 0) is 28.7 Å². The topological polar surface area (TPSA) is 26.0 Å². The van der Waals surface area contributed by atoms with Gasteiger partial charge >= 0.3 is 0 Å². The maximum Gasteiger partial charge on any atom is 0.0327 e. The molecular weight excluding hydrogens is 206 g/mol. The SMILES string of the molecule is CCCC(C)C(N)c1cccc2ccccc12. The highest BCUT2D eigenvalue weighted by Gasteiger charge is 2.15. The molecule has 2 unspecified atom stereocenters. The van der Waals surface area contributed by atoms with Crippen molar-refractivity contribution < 1.29 is 0 Å². The number of fused-ring (bicyclic) bond motifs is 1. The van der Waals surface area contributed by atoms with Gasteiger partial charge in [0.25, 0.3) is 0 Å². The molecule has 0 fully saturated rings. The van der Waals surface area contributed by atoms with Crippen LogP contribution in [0.1, 0.15) is 38.3 Å². The lowest BCUT2D eigenvalue weighted by atomic mass is 9.89. The highest BCUT2D eigenvalue weighted by atomic mass is 14.6. The van der Waals surface area contributed by atoms with Gasteiger partial charge in [-0.25, -0.2) is 0 Å². The van der Waals surface area contributed by atoms with E-state index in [2.05, 4.69) is 56.3 Å². The van der Waals surface area contributed by atoms with E-state index in [-0.39, 0.29) is 6.04 Å². The first-order valence-electron chi connectivity index (χ1n) is 6.47. The molecule has 0 heterocycles. The first-order valence-corrected chi connectivity index (χ1v) is 6.47. The van der Waals surface area contributed by atoms with E-state index >= 15 is 0 Å². The van der Waals surface area contributed by atoms with Crippen LogP contribution in [0.15, 0.2) is 42.5 Å². The summed E-state index contributed by atoms with van der Waals surface area (Å²) >= 11 is 0. The largest absolute Gasteiger partial charge is 0.324 e. The van der Waals surface area contributed by atoms with Crippen LogP contribution >= 0.6 is 0 Å². The van der Waals surface area contributed by atoms with E-state index in [1.165, 1.54) is 29.2 Å². The van der Waals surface area contributed by atoms with Crippen LogP contribution in [-0.4, -0.2) is 0 Å². The van der Waals surface area contributed by atoms with Crippen molar-refractivity contribution >= 4 is 10.8 Å². The number of hydrogen-bond acceptors (Lipinski definition) is 1. The molecular formula is C16H21N. The molecule has 2 aromatic carbocycles. The molecule has 0 bridgehead atoms. The monoisotopic (exact) mass is 227 g/mol. The van der Waals surface area contributed by atoms with E-state index in [1.54, 1.807) is 0 Å². The Morgan fingerprint density at radius 1 is 1.06 bits per heavy atom. The van der Waals surface area contributed by atoms with Crippen molar-refractivity contribution in [1.29, 1.82) is 0 Å². The first-order chi connectivity index (χ1) is 8.24. The van der Waals surface area contributed by atoms with Crippen molar-refractivity contribution in [2.45, 2.75) is 32.7 Å². The molecule has 0 spiro atoms.